The Morgan fingerprint density at radius 2 is 1.65 bits per heavy atom. The van der Waals surface area contributed by atoms with Gasteiger partial charge in [0, 0.05) is 10.0 Å². The lowest BCUT2D eigenvalue weighted by atomic mass is 10.0. The number of hydrogen-bond acceptors (Lipinski definition) is 4. The number of para-hydroxylation sites is 1. The second kappa shape index (κ2) is 10.5. The van der Waals surface area contributed by atoms with Gasteiger partial charge in [-0.2, -0.15) is 0 Å². The molecule has 0 aliphatic carbocycles. The molecule has 0 radical (unpaired) electrons. The summed E-state index contributed by atoms with van der Waals surface area (Å²) in [6, 6.07) is 23.1. The number of imide groups is 2. The number of barbiturate groups is 1. The maximum atomic E-state index is 13.4. The fraction of sp³-hybridized carbons (Fsp3) is 0.0357. The molecule has 0 unspecified atom stereocenters. The lowest BCUT2D eigenvalue weighted by Gasteiger charge is -2.27. The van der Waals surface area contributed by atoms with Gasteiger partial charge in [0.2, 0.25) is 0 Å². The van der Waals surface area contributed by atoms with E-state index in [1.807, 2.05) is 48.5 Å². The first-order valence-corrected chi connectivity index (χ1v) is 13.0. The Kier molecular flexibility index (Phi) is 7.15. The first-order chi connectivity index (χ1) is 17.8. The molecule has 1 fully saturated rings. The van der Waals surface area contributed by atoms with Crippen LogP contribution in [-0.4, -0.2) is 17.8 Å². The van der Waals surface area contributed by atoms with E-state index in [1.165, 1.54) is 12.1 Å². The minimum Gasteiger partial charge on any atom is -0.487 e. The summed E-state index contributed by atoms with van der Waals surface area (Å²) in [5, 5.41) is 4.57. The molecule has 4 amide bonds. The number of nitrogens with zero attached hydrogens (tertiary/aromatic N) is 1. The summed E-state index contributed by atoms with van der Waals surface area (Å²) in [7, 11) is 0. The van der Waals surface area contributed by atoms with Gasteiger partial charge in [-0.05, 0) is 62.6 Å². The summed E-state index contributed by atoms with van der Waals surface area (Å²) in [6.45, 7) is 0.252. The van der Waals surface area contributed by atoms with Crippen LogP contribution >= 0.6 is 43.5 Å². The monoisotopic (exact) mass is 638 g/mol. The first kappa shape index (κ1) is 25.2. The zero-order valence-corrected chi connectivity index (χ0v) is 22.9. The fourth-order valence-electron chi connectivity index (χ4n) is 4.07. The molecule has 1 N–H and O–H groups in total. The third kappa shape index (κ3) is 5.05. The summed E-state index contributed by atoms with van der Waals surface area (Å²) >= 11 is 13.2. The SMILES string of the molecule is O=C1NC(=O)N(c2ccccc2Cl)C(=O)/C1=C/c1cc(Br)cc(Br)c1OCc1cccc2ccccc12. The van der Waals surface area contributed by atoms with Crippen molar-refractivity contribution in [1.82, 2.24) is 5.32 Å². The number of amides is 4. The molecule has 5 rings (SSSR count). The van der Waals surface area contributed by atoms with Gasteiger partial charge < -0.3 is 4.74 Å². The predicted octanol–water partition coefficient (Wildman–Crippen LogP) is 7.26. The van der Waals surface area contributed by atoms with Crippen molar-refractivity contribution in [2.45, 2.75) is 6.61 Å². The Morgan fingerprint density at radius 1 is 0.919 bits per heavy atom. The molecule has 1 heterocycles. The molecule has 0 saturated carbocycles. The number of halogens is 3. The minimum atomic E-state index is -0.872. The van der Waals surface area contributed by atoms with E-state index >= 15 is 0 Å². The van der Waals surface area contributed by atoms with Gasteiger partial charge in [-0.15, -0.1) is 0 Å². The Morgan fingerprint density at radius 3 is 2.46 bits per heavy atom. The smallest absolute Gasteiger partial charge is 0.335 e. The molecular formula is C28H17Br2ClN2O4. The van der Waals surface area contributed by atoms with Gasteiger partial charge in [0.1, 0.15) is 17.9 Å². The van der Waals surface area contributed by atoms with Crippen LogP contribution in [0.1, 0.15) is 11.1 Å². The second-order valence-corrected chi connectivity index (χ2v) is 10.3. The van der Waals surface area contributed by atoms with Crippen LogP contribution in [-0.2, 0) is 16.2 Å². The normalized spacial score (nSPS) is 14.8. The molecule has 0 atom stereocenters. The number of carbonyl (C=O) groups excluding carboxylic acids is 3. The number of ether oxygens (including phenoxy) is 1. The van der Waals surface area contributed by atoms with Gasteiger partial charge in [-0.3, -0.25) is 14.9 Å². The molecule has 0 bridgehead atoms. The van der Waals surface area contributed by atoms with Crippen LogP contribution in [0.25, 0.3) is 16.8 Å². The molecule has 4 aromatic rings. The molecular weight excluding hydrogens is 624 g/mol. The lowest BCUT2D eigenvalue weighted by Crippen LogP contribution is -2.54. The van der Waals surface area contributed by atoms with E-state index in [1.54, 1.807) is 24.3 Å². The highest BCUT2D eigenvalue weighted by molar-refractivity contribution is 9.11. The third-order valence-corrected chi connectivity index (χ3v) is 7.15. The number of carbonyl (C=O) groups is 3. The predicted molar refractivity (Wildman–Crippen MR) is 151 cm³/mol. The van der Waals surface area contributed by atoms with E-state index in [2.05, 4.69) is 37.2 Å². The molecule has 0 aromatic heterocycles. The van der Waals surface area contributed by atoms with E-state index in [4.69, 9.17) is 16.3 Å². The fourth-order valence-corrected chi connectivity index (χ4v) is 5.67. The van der Waals surface area contributed by atoms with Crippen molar-refractivity contribution in [3.05, 3.63) is 110 Å². The molecule has 1 aliphatic rings. The highest BCUT2D eigenvalue weighted by atomic mass is 79.9. The zero-order valence-electron chi connectivity index (χ0n) is 19.0. The number of urea groups is 1. The number of rotatable bonds is 5. The van der Waals surface area contributed by atoms with Crippen LogP contribution in [0.5, 0.6) is 5.75 Å². The van der Waals surface area contributed by atoms with Crippen LogP contribution in [0.2, 0.25) is 5.02 Å². The van der Waals surface area contributed by atoms with Gasteiger partial charge in [0.15, 0.2) is 0 Å². The van der Waals surface area contributed by atoms with Crippen LogP contribution in [0.4, 0.5) is 10.5 Å². The molecule has 1 saturated heterocycles. The molecule has 0 spiro atoms. The van der Waals surface area contributed by atoms with Crippen molar-refractivity contribution >= 4 is 83.8 Å². The highest BCUT2D eigenvalue weighted by Crippen LogP contribution is 2.36. The van der Waals surface area contributed by atoms with Gasteiger partial charge in [-0.1, -0.05) is 82.1 Å². The van der Waals surface area contributed by atoms with Crippen molar-refractivity contribution in [3.8, 4) is 5.75 Å². The maximum absolute atomic E-state index is 13.4. The molecule has 4 aromatic carbocycles. The summed E-state index contributed by atoms with van der Waals surface area (Å²) in [4.78, 5) is 39.5. The Balaban J connectivity index is 1.53. The number of hydrogen-bond donors (Lipinski definition) is 1. The summed E-state index contributed by atoms with van der Waals surface area (Å²) in [6.07, 6.45) is 1.40. The van der Waals surface area contributed by atoms with E-state index in [0.29, 0.717) is 20.3 Å². The van der Waals surface area contributed by atoms with Crippen LogP contribution in [0.15, 0.2) is 93.4 Å². The molecule has 9 heteroatoms. The second-order valence-electron chi connectivity index (χ2n) is 8.14. The Bertz CT molecular complexity index is 1610. The van der Waals surface area contributed by atoms with E-state index in [0.717, 1.165) is 21.2 Å². The standard InChI is InChI=1S/C28H17Br2ClN2O4/c29-19-12-18(13-21-26(34)32-28(36)33(27(21)35)24-11-4-3-10-23(24)31)25(22(30)14-19)37-15-17-8-5-7-16-6-1-2-9-20(16)17/h1-14H,15H2,(H,32,34,36)/b21-13+. The van der Waals surface area contributed by atoms with Gasteiger partial charge in [0.25, 0.3) is 11.8 Å². The first-order valence-electron chi connectivity index (χ1n) is 11.1. The largest absolute Gasteiger partial charge is 0.487 e. The van der Waals surface area contributed by atoms with Gasteiger partial charge in [-0.25, -0.2) is 9.69 Å². The number of nitrogens with one attached hydrogen (secondary N) is 1. The van der Waals surface area contributed by atoms with Crippen molar-refractivity contribution in [3.63, 3.8) is 0 Å². The summed E-state index contributed by atoms with van der Waals surface area (Å²) < 4.78 is 7.55. The molecule has 37 heavy (non-hydrogen) atoms. The maximum Gasteiger partial charge on any atom is 0.335 e. The number of fused-ring (bicyclic) bond motifs is 1. The van der Waals surface area contributed by atoms with Crippen LogP contribution in [0.3, 0.4) is 0 Å². The van der Waals surface area contributed by atoms with Crippen molar-refractivity contribution in [2.75, 3.05) is 4.90 Å². The third-order valence-electron chi connectivity index (χ3n) is 5.78. The van der Waals surface area contributed by atoms with Crippen molar-refractivity contribution in [1.29, 1.82) is 0 Å². The summed E-state index contributed by atoms with van der Waals surface area (Å²) in [5.41, 5.74) is 1.38. The molecule has 1 aliphatic heterocycles. The quantitative estimate of drug-likeness (QED) is 0.184. The van der Waals surface area contributed by atoms with Crippen LogP contribution in [0, 0.1) is 0 Å². The van der Waals surface area contributed by atoms with Gasteiger partial charge >= 0.3 is 6.03 Å². The number of anilines is 1. The zero-order chi connectivity index (χ0) is 26.1. The van der Waals surface area contributed by atoms with E-state index in [9.17, 15) is 14.4 Å². The van der Waals surface area contributed by atoms with E-state index in [-0.39, 0.29) is 22.9 Å². The Labute approximate surface area is 234 Å². The van der Waals surface area contributed by atoms with Crippen molar-refractivity contribution in [2.24, 2.45) is 0 Å². The summed E-state index contributed by atoms with van der Waals surface area (Å²) in [5.74, 6) is -1.17. The molecule has 6 nitrogen and oxygen atoms in total. The molecule has 184 valence electrons. The van der Waals surface area contributed by atoms with Crippen LogP contribution < -0.4 is 15.0 Å². The average molecular weight is 641 g/mol. The number of benzene rings is 4. The topological polar surface area (TPSA) is 75.7 Å². The highest BCUT2D eigenvalue weighted by Gasteiger charge is 2.37. The van der Waals surface area contributed by atoms with Crippen molar-refractivity contribution < 1.29 is 19.1 Å². The lowest BCUT2D eigenvalue weighted by molar-refractivity contribution is -0.122. The van der Waals surface area contributed by atoms with Gasteiger partial charge in [0.05, 0.1) is 15.2 Å². The Hall–Kier alpha value is -3.46. The average Bonchev–Trinajstić information content (AvgIpc) is 2.87. The van der Waals surface area contributed by atoms with E-state index < -0.39 is 17.8 Å². The minimum absolute atomic E-state index is 0.174.